The van der Waals surface area contributed by atoms with Crippen molar-refractivity contribution in [3.8, 4) is 5.75 Å². The molecule has 0 bridgehead atoms. The lowest BCUT2D eigenvalue weighted by Gasteiger charge is -2.13. The van der Waals surface area contributed by atoms with E-state index in [9.17, 15) is 5.11 Å². The highest BCUT2D eigenvalue weighted by Gasteiger charge is 2.05. The van der Waals surface area contributed by atoms with Crippen LogP contribution in [0.3, 0.4) is 0 Å². The lowest BCUT2D eigenvalue weighted by Crippen LogP contribution is -2.32. The average Bonchev–Trinajstić information content (AvgIpc) is 2.48. The average molecular weight is 283 g/mol. The first kappa shape index (κ1) is 16.9. The van der Waals surface area contributed by atoms with Crippen LogP contribution >= 0.6 is 0 Å². The third-order valence-corrected chi connectivity index (χ3v) is 2.89. The molecule has 0 fully saturated rings. The van der Waals surface area contributed by atoms with Crippen molar-refractivity contribution in [2.45, 2.75) is 12.5 Å². The molecule has 0 heterocycles. The molecule has 0 aliphatic rings. The highest BCUT2D eigenvalue weighted by atomic mass is 16.5. The molecule has 0 aliphatic heterocycles. The zero-order valence-electron chi connectivity index (χ0n) is 12.3. The van der Waals surface area contributed by atoms with Crippen LogP contribution in [0.2, 0.25) is 0 Å². The van der Waals surface area contributed by atoms with Crippen LogP contribution in [0.4, 0.5) is 0 Å². The molecule has 0 amide bonds. The second-order valence-corrected chi connectivity index (χ2v) is 4.49. The Labute approximate surface area is 120 Å². The van der Waals surface area contributed by atoms with E-state index in [2.05, 4.69) is 5.32 Å². The lowest BCUT2D eigenvalue weighted by atomic mass is 10.1. The quantitative estimate of drug-likeness (QED) is 0.590. The second kappa shape index (κ2) is 10.6. The number of hydrogen-bond donors (Lipinski definition) is 2. The number of aliphatic hydroxyl groups excluding tert-OH is 1. The number of nitrogens with one attached hydrogen (secondary N) is 1. The van der Waals surface area contributed by atoms with Gasteiger partial charge in [-0.25, -0.2) is 0 Å². The number of rotatable bonds is 11. The van der Waals surface area contributed by atoms with Crippen molar-refractivity contribution in [2.24, 2.45) is 0 Å². The second-order valence-electron chi connectivity index (χ2n) is 4.49. The van der Waals surface area contributed by atoms with Gasteiger partial charge in [0.1, 0.15) is 5.75 Å². The third kappa shape index (κ3) is 6.86. The minimum Gasteiger partial charge on any atom is -0.496 e. The molecule has 1 aromatic carbocycles. The van der Waals surface area contributed by atoms with Gasteiger partial charge in [0, 0.05) is 13.7 Å². The summed E-state index contributed by atoms with van der Waals surface area (Å²) in [4.78, 5) is 0. The summed E-state index contributed by atoms with van der Waals surface area (Å²) in [6, 6.07) is 7.95. The minimum atomic E-state index is -0.496. The predicted molar refractivity (Wildman–Crippen MR) is 78.3 cm³/mol. The summed E-state index contributed by atoms with van der Waals surface area (Å²) in [5.41, 5.74) is 1.16. The molecule has 5 nitrogen and oxygen atoms in total. The van der Waals surface area contributed by atoms with Gasteiger partial charge in [0.05, 0.1) is 33.0 Å². The Morgan fingerprint density at radius 2 is 2.00 bits per heavy atom. The summed E-state index contributed by atoms with van der Waals surface area (Å²) in [6.07, 6.45) is 0.367. The van der Waals surface area contributed by atoms with E-state index >= 15 is 0 Å². The molecule has 20 heavy (non-hydrogen) atoms. The molecular formula is C15H25NO4. The molecule has 2 N–H and O–H groups in total. The van der Waals surface area contributed by atoms with E-state index < -0.39 is 6.10 Å². The van der Waals surface area contributed by atoms with E-state index in [-0.39, 0.29) is 0 Å². The molecule has 1 atom stereocenters. The van der Waals surface area contributed by atoms with Gasteiger partial charge in [-0.05, 0) is 24.6 Å². The number of methoxy groups -OCH3 is 2. The van der Waals surface area contributed by atoms with E-state index in [4.69, 9.17) is 14.2 Å². The zero-order valence-corrected chi connectivity index (χ0v) is 12.3. The Bertz CT molecular complexity index is 359. The lowest BCUT2D eigenvalue weighted by molar-refractivity contribution is 0.0139. The zero-order chi connectivity index (χ0) is 14.6. The van der Waals surface area contributed by atoms with E-state index in [0.29, 0.717) is 26.4 Å². The van der Waals surface area contributed by atoms with E-state index in [1.54, 1.807) is 14.2 Å². The van der Waals surface area contributed by atoms with Crippen molar-refractivity contribution in [2.75, 3.05) is 47.1 Å². The molecule has 1 unspecified atom stereocenters. The van der Waals surface area contributed by atoms with Crippen LogP contribution in [-0.2, 0) is 15.9 Å². The minimum absolute atomic E-state index is 0.324. The van der Waals surface area contributed by atoms with E-state index in [0.717, 1.165) is 24.3 Å². The monoisotopic (exact) mass is 283 g/mol. The maximum Gasteiger partial charge on any atom is 0.122 e. The smallest absolute Gasteiger partial charge is 0.122 e. The molecule has 0 aromatic heterocycles. The Balaban J connectivity index is 2.12. The fraction of sp³-hybridized carbons (Fsp3) is 0.600. The summed E-state index contributed by atoms with van der Waals surface area (Å²) in [6.45, 7) is 2.69. The van der Waals surface area contributed by atoms with Crippen molar-refractivity contribution < 1.29 is 19.3 Å². The van der Waals surface area contributed by atoms with Crippen LogP contribution in [0.25, 0.3) is 0 Å². The van der Waals surface area contributed by atoms with Crippen molar-refractivity contribution in [3.05, 3.63) is 29.8 Å². The van der Waals surface area contributed by atoms with Crippen LogP contribution in [0.1, 0.15) is 5.56 Å². The van der Waals surface area contributed by atoms with Crippen molar-refractivity contribution in [1.29, 1.82) is 0 Å². The number of hydrogen-bond acceptors (Lipinski definition) is 5. The van der Waals surface area contributed by atoms with Crippen LogP contribution in [-0.4, -0.2) is 58.3 Å². The first-order chi connectivity index (χ1) is 9.77. The summed E-state index contributed by atoms with van der Waals surface area (Å²) < 4.78 is 15.4. The molecular weight excluding hydrogens is 258 g/mol. The number of para-hydroxylation sites is 1. The molecule has 0 saturated heterocycles. The Hall–Kier alpha value is -1.14. The molecule has 1 rings (SSSR count). The molecule has 0 saturated carbocycles. The van der Waals surface area contributed by atoms with Crippen LogP contribution < -0.4 is 10.1 Å². The maximum atomic E-state index is 9.69. The Morgan fingerprint density at radius 1 is 1.20 bits per heavy atom. The van der Waals surface area contributed by atoms with Crippen molar-refractivity contribution in [3.63, 3.8) is 0 Å². The van der Waals surface area contributed by atoms with Gasteiger partial charge in [-0.2, -0.15) is 0 Å². The Kier molecular flexibility index (Phi) is 8.98. The Morgan fingerprint density at radius 3 is 2.75 bits per heavy atom. The molecule has 0 spiro atoms. The summed E-state index contributed by atoms with van der Waals surface area (Å²) in [5.74, 6) is 0.901. The fourth-order valence-electron chi connectivity index (χ4n) is 1.82. The van der Waals surface area contributed by atoms with E-state index in [1.165, 1.54) is 0 Å². The van der Waals surface area contributed by atoms with Crippen molar-refractivity contribution in [1.82, 2.24) is 5.32 Å². The molecule has 5 heteroatoms. The standard InChI is InChI=1S/C15H25NO4/c1-18-9-10-20-12-14(17)11-16-8-7-13-5-3-4-6-15(13)19-2/h3-6,14,16-17H,7-12H2,1-2H3. The summed E-state index contributed by atoms with van der Waals surface area (Å²) in [5, 5.41) is 12.9. The fourth-order valence-corrected chi connectivity index (χ4v) is 1.82. The SMILES string of the molecule is COCCOCC(O)CNCCc1ccccc1OC. The third-order valence-electron chi connectivity index (χ3n) is 2.89. The van der Waals surface area contributed by atoms with Crippen LogP contribution in [0.15, 0.2) is 24.3 Å². The number of aliphatic hydroxyl groups is 1. The number of ether oxygens (including phenoxy) is 3. The highest BCUT2D eigenvalue weighted by molar-refractivity contribution is 5.33. The summed E-state index contributed by atoms with van der Waals surface area (Å²) >= 11 is 0. The number of benzene rings is 1. The van der Waals surface area contributed by atoms with Gasteiger partial charge in [0.25, 0.3) is 0 Å². The first-order valence-electron chi connectivity index (χ1n) is 6.85. The topological polar surface area (TPSA) is 60.0 Å². The van der Waals surface area contributed by atoms with Crippen molar-refractivity contribution >= 4 is 0 Å². The van der Waals surface area contributed by atoms with Gasteiger partial charge in [0.15, 0.2) is 0 Å². The van der Waals surface area contributed by atoms with Gasteiger partial charge >= 0.3 is 0 Å². The summed E-state index contributed by atoms with van der Waals surface area (Å²) in [7, 11) is 3.30. The van der Waals surface area contributed by atoms with Gasteiger partial charge in [-0.1, -0.05) is 18.2 Å². The van der Waals surface area contributed by atoms with Gasteiger partial charge < -0.3 is 24.6 Å². The van der Waals surface area contributed by atoms with Gasteiger partial charge in [-0.15, -0.1) is 0 Å². The molecule has 1 aromatic rings. The largest absolute Gasteiger partial charge is 0.496 e. The highest BCUT2D eigenvalue weighted by Crippen LogP contribution is 2.17. The molecule has 0 aliphatic carbocycles. The normalized spacial score (nSPS) is 12.3. The maximum absolute atomic E-state index is 9.69. The van der Waals surface area contributed by atoms with Crippen LogP contribution in [0.5, 0.6) is 5.75 Å². The van der Waals surface area contributed by atoms with Gasteiger partial charge in [0.2, 0.25) is 0 Å². The first-order valence-corrected chi connectivity index (χ1v) is 6.85. The van der Waals surface area contributed by atoms with Gasteiger partial charge in [-0.3, -0.25) is 0 Å². The molecule has 0 radical (unpaired) electrons. The van der Waals surface area contributed by atoms with E-state index in [1.807, 2.05) is 24.3 Å². The molecule has 114 valence electrons. The van der Waals surface area contributed by atoms with Crippen LogP contribution in [0, 0.1) is 0 Å². The predicted octanol–water partition coefficient (Wildman–Crippen LogP) is 0.851.